The predicted octanol–water partition coefficient (Wildman–Crippen LogP) is 1.16. The highest BCUT2D eigenvalue weighted by Crippen LogP contribution is 2.09. The molecule has 0 fully saturated rings. The van der Waals surface area contributed by atoms with Gasteiger partial charge in [-0.3, -0.25) is 4.79 Å². The van der Waals surface area contributed by atoms with Crippen LogP contribution in [0.4, 0.5) is 4.39 Å². The van der Waals surface area contributed by atoms with Crippen molar-refractivity contribution in [2.45, 2.75) is 19.9 Å². The number of ether oxygens (including phenoxy) is 1. The highest BCUT2D eigenvalue weighted by molar-refractivity contribution is 6.30. The van der Waals surface area contributed by atoms with Crippen molar-refractivity contribution in [1.82, 2.24) is 9.78 Å². The van der Waals surface area contributed by atoms with Gasteiger partial charge in [-0.2, -0.15) is 5.10 Å². The molecule has 0 aliphatic rings. The highest BCUT2D eigenvalue weighted by atomic mass is 35.5. The third-order valence-corrected chi connectivity index (χ3v) is 2.24. The molecular weight excluding hydrogens is 239 g/mol. The van der Waals surface area contributed by atoms with Crippen LogP contribution in [0.15, 0.2) is 11.0 Å². The Morgan fingerprint density at radius 2 is 2.38 bits per heavy atom. The third-order valence-electron chi connectivity index (χ3n) is 1.90. The van der Waals surface area contributed by atoms with E-state index in [2.05, 4.69) is 5.10 Å². The SMILES string of the molecule is CCOC(=O)C(C)n1ncc(F)c(Cl)c1=O. The minimum absolute atomic E-state index is 0.187. The normalized spacial score (nSPS) is 12.2. The second kappa shape index (κ2) is 5.07. The van der Waals surface area contributed by atoms with E-state index < -0.39 is 28.4 Å². The molecule has 0 aliphatic heterocycles. The zero-order valence-electron chi connectivity index (χ0n) is 8.74. The molecule has 1 unspecified atom stereocenters. The molecule has 0 saturated carbocycles. The molecule has 1 rings (SSSR count). The molecule has 88 valence electrons. The Bertz CT molecular complexity index is 461. The van der Waals surface area contributed by atoms with Crippen LogP contribution in [0.1, 0.15) is 19.9 Å². The summed E-state index contributed by atoms with van der Waals surface area (Å²) < 4.78 is 18.3. The molecule has 0 saturated heterocycles. The number of hydrogen-bond acceptors (Lipinski definition) is 4. The zero-order chi connectivity index (χ0) is 12.3. The van der Waals surface area contributed by atoms with Gasteiger partial charge in [0.05, 0.1) is 12.8 Å². The lowest BCUT2D eigenvalue weighted by molar-refractivity contribution is -0.147. The third kappa shape index (κ3) is 2.38. The van der Waals surface area contributed by atoms with E-state index in [0.29, 0.717) is 0 Å². The van der Waals surface area contributed by atoms with Gasteiger partial charge in [-0.15, -0.1) is 0 Å². The number of rotatable bonds is 3. The number of hydrogen-bond donors (Lipinski definition) is 0. The molecule has 0 N–H and O–H groups in total. The van der Waals surface area contributed by atoms with Gasteiger partial charge in [-0.25, -0.2) is 13.9 Å². The van der Waals surface area contributed by atoms with Crippen molar-refractivity contribution in [1.29, 1.82) is 0 Å². The maximum Gasteiger partial charge on any atom is 0.330 e. The minimum atomic E-state index is -0.939. The highest BCUT2D eigenvalue weighted by Gasteiger charge is 2.20. The quantitative estimate of drug-likeness (QED) is 0.753. The molecule has 1 aromatic rings. The molecule has 0 aliphatic carbocycles. The summed E-state index contributed by atoms with van der Waals surface area (Å²) in [5, 5.41) is 2.89. The van der Waals surface area contributed by atoms with Crippen LogP contribution in [0, 0.1) is 5.82 Å². The fourth-order valence-electron chi connectivity index (χ4n) is 1.06. The van der Waals surface area contributed by atoms with Gasteiger partial charge in [0.15, 0.2) is 11.9 Å². The van der Waals surface area contributed by atoms with Gasteiger partial charge in [0.2, 0.25) is 0 Å². The molecule has 0 radical (unpaired) electrons. The lowest BCUT2D eigenvalue weighted by atomic mass is 10.3. The lowest BCUT2D eigenvalue weighted by Crippen LogP contribution is -2.32. The first kappa shape index (κ1) is 12.6. The Morgan fingerprint density at radius 1 is 1.75 bits per heavy atom. The van der Waals surface area contributed by atoms with E-state index in [1.54, 1.807) is 6.92 Å². The molecule has 1 aromatic heterocycles. The largest absolute Gasteiger partial charge is 0.464 e. The minimum Gasteiger partial charge on any atom is -0.464 e. The second-order valence-corrected chi connectivity index (χ2v) is 3.36. The maximum absolute atomic E-state index is 12.8. The van der Waals surface area contributed by atoms with Crippen molar-refractivity contribution < 1.29 is 13.9 Å². The zero-order valence-corrected chi connectivity index (χ0v) is 9.49. The van der Waals surface area contributed by atoms with Gasteiger partial charge in [0.25, 0.3) is 5.56 Å². The summed E-state index contributed by atoms with van der Waals surface area (Å²) in [6, 6.07) is -0.939. The Kier molecular flexibility index (Phi) is 4.00. The first-order valence-corrected chi connectivity index (χ1v) is 4.96. The van der Waals surface area contributed by atoms with Gasteiger partial charge in [-0.05, 0) is 13.8 Å². The van der Waals surface area contributed by atoms with Crippen molar-refractivity contribution in [2.24, 2.45) is 0 Å². The van der Waals surface area contributed by atoms with Crippen molar-refractivity contribution in [3.8, 4) is 0 Å². The van der Waals surface area contributed by atoms with Crippen LogP contribution in [0.25, 0.3) is 0 Å². The summed E-state index contributed by atoms with van der Waals surface area (Å²) in [5.74, 6) is -1.54. The number of halogens is 2. The number of esters is 1. The van der Waals surface area contributed by atoms with Crippen LogP contribution in [0.3, 0.4) is 0 Å². The topological polar surface area (TPSA) is 61.2 Å². The van der Waals surface area contributed by atoms with E-state index in [1.807, 2.05) is 0 Å². The van der Waals surface area contributed by atoms with Crippen molar-refractivity contribution in [2.75, 3.05) is 6.61 Å². The molecule has 0 amide bonds. The summed E-state index contributed by atoms with van der Waals surface area (Å²) in [6.07, 6.45) is 0.777. The van der Waals surface area contributed by atoms with Gasteiger partial charge in [-0.1, -0.05) is 11.6 Å². The van der Waals surface area contributed by atoms with E-state index in [0.717, 1.165) is 10.9 Å². The van der Waals surface area contributed by atoms with Crippen LogP contribution in [-0.2, 0) is 9.53 Å². The maximum atomic E-state index is 12.8. The van der Waals surface area contributed by atoms with Gasteiger partial charge < -0.3 is 4.74 Å². The Morgan fingerprint density at radius 3 is 2.94 bits per heavy atom. The van der Waals surface area contributed by atoms with Crippen LogP contribution in [0.2, 0.25) is 5.02 Å². The molecule has 7 heteroatoms. The fourth-order valence-corrected chi connectivity index (χ4v) is 1.20. The molecule has 1 atom stereocenters. The fraction of sp³-hybridized carbons (Fsp3) is 0.444. The molecular formula is C9H10ClFN2O3. The Hall–Kier alpha value is -1.43. The summed E-state index contributed by atoms with van der Waals surface area (Å²) in [7, 11) is 0. The van der Waals surface area contributed by atoms with Crippen molar-refractivity contribution in [3.63, 3.8) is 0 Å². The molecule has 0 bridgehead atoms. The molecule has 1 heterocycles. The monoisotopic (exact) mass is 248 g/mol. The van der Waals surface area contributed by atoms with E-state index in [9.17, 15) is 14.0 Å². The number of carbonyl (C=O) groups excluding carboxylic acids is 1. The predicted molar refractivity (Wildman–Crippen MR) is 54.8 cm³/mol. The number of carbonyl (C=O) groups is 1. The Balaban J connectivity index is 3.10. The standard InChI is InChI=1S/C9H10ClFN2O3/c1-3-16-9(15)5(2)13-8(14)7(10)6(11)4-12-13/h4-5H,3H2,1-2H3. The molecule has 0 spiro atoms. The number of aromatic nitrogens is 2. The molecule has 0 aromatic carbocycles. The van der Waals surface area contributed by atoms with E-state index >= 15 is 0 Å². The molecule has 16 heavy (non-hydrogen) atoms. The summed E-state index contributed by atoms with van der Waals surface area (Å²) in [5.41, 5.74) is -0.859. The first-order chi connectivity index (χ1) is 7.49. The summed E-state index contributed by atoms with van der Waals surface area (Å²) in [4.78, 5) is 22.8. The van der Waals surface area contributed by atoms with Crippen LogP contribution in [0.5, 0.6) is 0 Å². The average Bonchev–Trinajstić information content (AvgIpc) is 2.26. The smallest absolute Gasteiger partial charge is 0.330 e. The summed E-state index contributed by atoms with van der Waals surface area (Å²) in [6.45, 7) is 3.24. The first-order valence-electron chi connectivity index (χ1n) is 4.58. The lowest BCUT2D eigenvalue weighted by Gasteiger charge is -2.12. The number of nitrogens with zero attached hydrogens (tertiary/aromatic N) is 2. The average molecular weight is 249 g/mol. The van der Waals surface area contributed by atoms with Crippen molar-refractivity contribution in [3.05, 3.63) is 27.4 Å². The Labute approximate surface area is 95.8 Å². The van der Waals surface area contributed by atoms with Crippen LogP contribution >= 0.6 is 11.6 Å². The molecule has 5 nitrogen and oxygen atoms in total. The summed E-state index contributed by atoms with van der Waals surface area (Å²) >= 11 is 5.41. The van der Waals surface area contributed by atoms with E-state index in [4.69, 9.17) is 16.3 Å². The van der Waals surface area contributed by atoms with Crippen LogP contribution in [-0.4, -0.2) is 22.4 Å². The van der Waals surface area contributed by atoms with Gasteiger partial charge in [0, 0.05) is 0 Å². The van der Waals surface area contributed by atoms with E-state index in [-0.39, 0.29) is 6.61 Å². The van der Waals surface area contributed by atoms with Gasteiger partial charge >= 0.3 is 5.97 Å². The van der Waals surface area contributed by atoms with E-state index in [1.165, 1.54) is 6.92 Å². The van der Waals surface area contributed by atoms with Gasteiger partial charge in [0.1, 0.15) is 5.02 Å². The van der Waals surface area contributed by atoms with Crippen LogP contribution < -0.4 is 5.56 Å². The van der Waals surface area contributed by atoms with Crippen molar-refractivity contribution >= 4 is 17.6 Å². The second-order valence-electron chi connectivity index (χ2n) is 2.98.